The van der Waals surface area contributed by atoms with Crippen molar-refractivity contribution in [2.24, 2.45) is 5.10 Å². The van der Waals surface area contributed by atoms with Gasteiger partial charge < -0.3 is 14.8 Å². The van der Waals surface area contributed by atoms with Crippen LogP contribution in [-0.2, 0) is 14.3 Å². The summed E-state index contributed by atoms with van der Waals surface area (Å²) in [5.74, 6) is -1.45. The minimum atomic E-state index is -0.742. The Labute approximate surface area is 217 Å². The van der Waals surface area contributed by atoms with Crippen molar-refractivity contribution < 1.29 is 28.8 Å². The van der Waals surface area contributed by atoms with E-state index in [2.05, 4.69) is 15.8 Å². The van der Waals surface area contributed by atoms with Gasteiger partial charge in [-0.3, -0.25) is 19.7 Å². The van der Waals surface area contributed by atoms with E-state index in [4.69, 9.17) is 9.47 Å². The van der Waals surface area contributed by atoms with Gasteiger partial charge in [-0.25, -0.2) is 10.2 Å². The Balaban J connectivity index is 1.78. The fourth-order valence-corrected chi connectivity index (χ4v) is 3.08. The smallest absolute Gasteiger partial charge is 0.344 e. The van der Waals surface area contributed by atoms with E-state index in [9.17, 15) is 24.5 Å². The molecule has 0 aromatic heterocycles. The highest BCUT2D eigenvalue weighted by atomic mass is 16.6. The standard InChI is InChI=1S/C27H24N4O7/c1-2-37-25(32)18-38-24-11-7-6-10-21(24)17-28-30-27(34)23(29-26(33)20-8-4-3-5-9-20)16-19-12-14-22(15-13-19)31(35)36/h3-17H,2,18H2,1H3,(H,29,33)(H,30,34)/b23-16+,28-17?. The fourth-order valence-electron chi connectivity index (χ4n) is 3.08. The average Bonchev–Trinajstić information content (AvgIpc) is 2.93. The van der Waals surface area contributed by atoms with Crippen molar-refractivity contribution in [3.8, 4) is 5.75 Å². The van der Waals surface area contributed by atoms with Crippen molar-refractivity contribution in [1.29, 1.82) is 0 Å². The SMILES string of the molecule is CCOC(=O)COc1ccccc1C=NNC(=O)/C(=C\c1ccc([N+](=O)[O-])cc1)NC(=O)c1ccccc1. The minimum absolute atomic E-state index is 0.116. The summed E-state index contributed by atoms with van der Waals surface area (Å²) < 4.78 is 10.3. The number of hydrogen-bond donors (Lipinski definition) is 2. The Morgan fingerprint density at radius 2 is 1.66 bits per heavy atom. The number of nitro groups is 1. The molecule has 2 amide bonds. The van der Waals surface area contributed by atoms with Gasteiger partial charge in [-0.05, 0) is 55.0 Å². The molecule has 0 radical (unpaired) electrons. The van der Waals surface area contributed by atoms with Gasteiger partial charge in [0.1, 0.15) is 11.4 Å². The van der Waals surface area contributed by atoms with Gasteiger partial charge in [0.25, 0.3) is 17.5 Å². The Bertz CT molecular complexity index is 1350. The van der Waals surface area contributed by atoms with Crippen molar-refractivity contribution in [2.75, 3.05) is 13.2 Å². The summed E-state index contributed by atoms with van der Waals surface area (Å²) >= 11 is 0. The summed E-state index contributed by atoms with van der Waals surface area (Å²) in [6.45, 7) is 1.63. The van der Waals surface area contributed by atoms with Gasteiger partial charge in [0.2, 0.25) is 0 Å². The number of nitro benzene ring substituents is 1. The van der Waals surface area contributed by atoms with Crippen LogP contribution in [0.3, 0.4) is 0 Å². The van der Waals surface area contributed by atoms with Crippen molar-refractivity contribution in [3.63, 3.8) is 0 Å². The first-order chi connectivity index (χ1) is 18.4. The molecule has 0 aliphatic heterocycles. The van der Waals surface area contributed by atoms with Gasteiger partial charge in [-0.2, -0.15) is 5.10 Å². The number of carbonyl (C=O) groups excluding carboxylic acids is 3. The van der Waals surface area contributed by atoms with E-state index in [0.29, 0.717) is 22.4 Å². The number of ether oxygens (including phenoxy) is 2. The zero-order valence-electron chi connectivity index (χ0n) is 20.3. The van der Waals surface area contributed by atoms with Crippen LogP contribution in [0.25, 0.3) is 6.08 Å². The predicted molar refractivity (Wildman–Crippen MR) is 139 cm³/mol. The number of para-hydroxylation sites is 1. The monoisotopic (exact) mass is 516 g/mol. The van der Waals surface area contributed by atoms with Crippen LogP contribution in [0.1, 0.15) is 28.4 Å². The summed E-state index contributed by atoms with van der Waals surface area (Å²) in [4.78, 5) is 47.6. The number of hydrazone groups is 1. The molecule has 0 aliphatic carbocycles. The summed E-state index contributed by atoms with van der Waals surface area (Å²) in [5.41, 5.74) is 3.33. The highest BCUT2D eigenvalue weighted by Gasteiger charge is 2.15. The maximum atomic E-state index is 12.9. The van der Waals surface area contributed by atoms with E-state index < -0.39 is 22.7 Å². The van der Waals surface area contributed by atoms with Gasteiger partial charge in [-0.1, -0.05) is 30.3 Å². The van der Waals surface area contributed by atoms with Crippen LogP contribution in [0.4, 0.5) is 5.69 Å². The zero-order valence-corrected chi connectivity index (χ0v) is 20.3. The number of non-ortho nitro benzene ring substituents is 1. The number of benzene rings is 3. The molecule has 0 spiro atoms. The fraction of sp³-hybridized carbons (Fsp3) is 0.111. The van der Waals surface area contributed by atoms with Crippen LogP contribution in [0.5, 0.6) is 5.75 Å². The second kappa shape index (κ2) is 13.7. The molecule has 0 atom stereocenters. The van der Waals surface area contributed by atoms with Crippen LogP contribution in [-0.4, -0.2) is 42.1 Å². The minimum Gasteiger partial charge on any atom is -0.481 e. The molecule has 3 rings (SSSR count). The number of esters is 1. The Kier molecular flexibility index (Phi) is 9.82. The van der Waals surface area contributed by atoms with E-state index in [1.807, 2.05) is 0 Å². The molecule has 0 aliphatic rings. The molecular formula is C27H24N4O7. The van der Waals surface area contributed by atoms with E-state index in [0.717, 1.165) is 0 Å². The topological polar surface area (TPSA) is 149 Å². The van der Waals surface area contributed by atoms with Crippen molar-refractivity contribution >= 4 is 35.8 Å². The number of carbonyl (C=O) groups is 3. The Morgan fingerprint density at radius 1 is 0.974 bits per heavy atom. The molecular weight excluding hydrogens is 492 g/mol. The molecule has 11 nitrogen and oxygen atoms in total. The van der Waals surface area contributed by atoms with Gasteiger partial charge in [0.05, 0.1) is 17.7 Å². The molecule has 3 aromatic rings. The summed E-state index contributed by atoms with van der Waals surface area (Å²) in [6, 6.07) is 20.5. The molecule has 38 heavy (non-hydrogen) atoms. The molecule has 0 heterocycles. The lowest BCUT2D eigenvalue weighted by atomic mass is 10.1. The Morgan fingerprint density at radius 3 is 2.34 bits per heavy atom. The van der Waals surface area contributed by atoms with Gasteiger partial charge in [0, 0.05) is 23.3 Å². The van der Waals surface area contributed by atoms with Gasteiger partial charge in [0.15, 0.2) is 6.61 Å². The second-order valence-corrected chi connectivity index (χ2v) is 7.56. The van der Waals surface area contributed by atoms with Crippen LogP contribution < -0.4 is 15.5 Å². The average molecular weight is 517 g/mol. The van der Waals surface area contributed by atoms with Crippen LogP contribution in [0.2, 0.25) is 0 Å². The van der Waals surface area contributed by atoms with Gasteiger partial charge in [-0.15, -0.1) is 0 Å². The third-order valence-electron chi connectivity index (χ3n) is 4.88. The normalized spacial score (nSPS) is 11.0. The van der Waals surface area contributed by atoms with Crippen LogP contribution >= 0.6 is 0 Å². The number of nitrogens with zero attached hydrogens (tertiary/aromatic N) is 2. The molecule has 194 valence electrons. The molecule has 0 saturated heterocycles. The lowest BCUT2D eigenvalue weighted by molar-refractivity contribution is -0.384. The lowest BCUT2D eigenvalue weighted by Crippen LogP contribution is -2.32. The van der Waals surface area contributed by atoms with E-state index in [1.165, 1.54) is 36.6 Å². The zero-order chi connectivity index (χ0) is 27.3. The van der Waals surface area contributed by atoms with E-state index >= 15 is 0 Å². The first-order valence-corrected chi connectivity index (χ1v) is 11.4. The van der Waals surface area contributed by atoms with Crippen molar-refractivity contribution in [2.45, 2.75) is 6.92 Å². The molecule has 0 fully saturated rings. The quantitative estimate of drug-likeness (QED) is 0.130. The number of nitrogens with one attached hydrogen (secondary N) is 2. The van der Waals surface area contributed by atoms with E-state index in [-0.39, 0.29) is 24.6 Å². The van der Waals surface area contributed by atoms with E-state index in [1.54, 1.807) is 61.5 Å². The number of hydrogen-bond acceptors (Lipinski definition) is 8. The summed E-state index contributed by atoms with van der Waals surface area (Å²) in [5, 5.41) is 17.4. The third-order valence-corrected chi connectivity index (χ3v) is 4.88. The maximum absolute atomic E-state index is 12.9. The third kappa shape index (κ3) is 8.12. The van der Waals surface area contributed by atoms with Gasteiger partial charge >= 0.3 is 5.97 Å². The first-order valence-electron chi connectivity index (χ1n) is 11.4. The summed E-state index contributed by atoms with van der Waals surface area (Å²) in [7, 11) is 0. The lowest BCUT2D eigenvalue weighted by Gasteiger charge is -2.10. The molecule has 0 bridgehead atoms. The first kappa shape index (κ1) is 27.3. The molecule has 2 N–H and O–H groups in total. The molecule has 11 heteroatoms. The van der Waals surface area contributed by atoms with Crippen molar-refractivity contribution in [1.82, 2.24) is 10.7 Å². The largest absolute Gasteiger partial charge is 0.481 e. The van der Waals surface area contributed by atoms with Crippen LogP contribution in [0, 0.1) is 10.1 Å². The van der Waals surface area contributed by atoms with Crippen LogP contribution in [0.15, 0.2) is 89.7 Å². The van der Waals surface area contributed by atoms with Crippen molar-refractivity contribution in [3.05, 3.63) is 111 Å². The predicted octanol–water partition coefficient (Wildman–Crippen LogP) is 3.46. The summed E-state index contributed by atoms with van der Waals surface area (Å²) in [6.07, 6.45) is 2.69. The molecule has 3 aromatic carbocycles. The maximum Gasteiger partial charge on any atom is 0.344 e. The number of rotatable bonds is 11. The second-order valence-electron chi connectivity index (χ2n) is 7.56. The highest BCUT2D eigenvalue weighted by Crippen LogP contribution is 2.16. The molecule has 0 saturated carbocycles. The highest BCUT2D eigenvalue weighted by molar-refractivity contribution is 6.05. The molecule has 0 unspecified atom stereocenters. The number of amides is 2. The Hall–Kier alpha value is -5.32.